The second kappa shape index (κ2) is 7.23. The molecule has 1 aliphatic carbocycles. The summed E-state index contributed by atoms with van der Waals surface area (Å²) in [6.07, 6.45) is 5.51. The molecule has 3 atom stereocenters. The fraction of sp³-hybridized carbons (Fsp3) is 0.556. The molecule has 1 aromatic heterocycles. The third kappa shape index (κ3) is 3.46. The second-order valence-corrected chi connectivity index (χ2v) is 6.25. The van der Waals surface area contributed by atoms with Crippen molar-refractivity contribution in [3.63, 3.8) is 0 Å². The molecule has 1 aliphatic heterocycles. The van der Waals surface area contributed by atoms with Gasteiger partial charge in [-0.05, 0) is 31.9 Å². The number of amides is 1. The molecule has 23 heavy (non-hydrogen) atoms. The molecule has 0 N–H and O–H groups in total. The molecule has 0 unspecified atom stereocenters. The summed E-state index contributed by atoms with van der Waals surface area (Å²) in [6, 6.07) is 3.88. The molecule has 0 radical (unpaired) electrons. The maximum atomic E-state index is 12.8. The number of carbonyl (C=O) groups excluding carboxylic acids is 1. The fourth-order valence-corrected chi connectivity index (χ4v) is 3.55. The van der Waals surface area contributed by atoms with E-state index in [0.29, 0.717) is 37.8 Å². The van der Waals surface area contributed by atoms with Crippen LogP contribution < -0.4 is 0 Å². The normalized spacial score (nSPS) is 26.8. The first-order valence-corrected chi connectivity index (χ1v) is 8.24. The van der Waals surface area contributed by atoms with Crippen LogP contribution in [0, 0.1) is 12.8 Å². The predicted molar refractivity (Wildman–Crippen MR) is 87.3 cm³/mol. The Morgan fingerprint density at radius 1 is 1.52 bits per heavy atom. The first kappa shape index (κ1) is 16.1. The highest BCUT2D eigenvalue weighted by molar-refractivity contribution is 5.94. The van der Waals surface area contributed by atoms with E-state index in [4.69, 9.17) is 9.47 Å². The summed E-state index contributed by atoms with van der Waals surface area (Å²) >= 11 is 0. The third-order valence-corrected chi connectivity index (χ3v) is 4.71. The zero-order chi connectivity index (χ0) is 16.2. The van der Waals surface area contributed by atoms with Crippen molar-refractivity contribution < 1.29 is 14.3 Å². The van der Waals surface area contributed by atoms with Crippen LogP contribution in [0.5, 0.6) is 0 Å². The Balaban J connectivity index is 1.68. The average molecular weight is 316 g/mol. The number of hydrogen-bond donors (Lipinski definition) is 0. The zero-order valence-electron chi connectivity index (χ0n) is 13.6. The van der Waals surface area contributed by atoms with Gasteiger partial charge in [-0.25, -0.2) is 0 Å². The average Bonchev–Trinajstić information content (AvgIpc) is 2.98. The molecule has 2 heterocycles. The summed E-state index contributed by atoms with van der Waals surface area (Å²) in [4.78, 5) is 19.0. The molecule has 5 nitrogen and oxygen atoms in total. The number of aryl methyl sites for hydroxylation is 1. The van der Waals surface area contributed by atoms with Crippen molar-refractivity contribution in [2.24, 2.45) is 5.92 Å². The molecule has 1 aromatic rings. The Morgan fingerprint density at radius 2 is 2.39 bits per heavy atom. The molecule has 3 rings (SSSR count). The van der Waals surface area contributed by atoms with Crippen LogP contribution in [-0.2, 0) is 9.47 Å². The standard InChI is InChI=1S/C18H24N2O3/c1-3-9-22-12-15-6-7-16-17(15)23-10-8-20(16)18(21)14-5-4-13(2)19-11-14/h3-5,11,15-17H,1,6-10,12H2,2H3/t15-,16+,17+/m1/s1. The van der Waals surface area contributed by atoms with Gasteiger partial charge >= 0.3 is 0 Å². The molecular weight excluding hydrogens is 292 g/mol. The summed E-state index contributed by atoms with van der Waals surface area (Å²) in [6.45, 7) is 8.05. The molecule has 124 valence electrons. The van der Waals surface area contributed by atoms with Gasteiger partial charge in [0, 0.05) is 24.4 Å². The van der Waals surface area contributed by atoms with Gasteiger partial charge in [0.1, 0.15) is 0 Å². The molecule has 1 saturated heterocycles. The van der Waals surface area contributed by atoms with Gasteiger partial charge in [-0.2, -0.15) is 0 Å². The SMILES string of the molecule is C=CCOC[C@H]1CC[C@H]2[C@H]1OCCN2C(=O)c1ccc(C)nc1. The molecule has 0 aromatic carbocycles. The summed E-state index contributed by atoms with van der Waals surface area (Å²) in [7, 11) is 0. The van der Waals surface area contributed by atoms with Crippen molar-refractivity contribution in [1.29, 1.82) is 0 Å². The molecule has 2 aliphatic rings. The van der Waals surface area contributed by atoms with Crippen LogP contribution in [0.1, 0.15) is 28.9 Å². The Labute approximate surface area is 137 Å². The maximum Gasteiger partial charge on any atom is 0.255 e. The lowest BCUT2D eigenvalue weighted by atomic mass is 10.0. The number of ether oxygens (including phenoxy) is 2. The van der Waals surface area contributed by atoms with Crippen molar-refractivity contribution in [3.05, 3.63) is 42.2 Å². The number of carbonyl (C=O) groups is 1. The zero-order valence-corrected chi connectivity index (χ0v) is 13.6. The molecule has 1 saturated carbocycles. The Hall–Kier alpha value is -1.72. The number of nitrogens with zero attached hydrogens (tertiary/aromatic N) is 2. The Kier molecular flexibility index (Phi) is 5.08. The smallest absolute Gasteiger partial charge is 0.255 e. The van der Waals surface area contributed by atoms with E-state index >= 15 is 0 Å². The molecule has 0 spiro atoms. The number of rotatable bonds is 5. The second-order valence-electron chi connectivity index (χ2n) is 6.25. The summed E-state index contributed by atoms with van der Waals surface area (Å²) in [5.41, 5.74) is 1.57. The van der Waals surface area contributed by atoms with Gasteiger partial charge in [0.25, 0.3) is 5.91 Å². The largest absolute Gasteiger partial charge is 0.377 e. The monoisotopic (exact) mass is 316 g/mol. The van der Waals surface area contributed by atoms with Crippen LogP contribution in [0.25, 0.3) is 0 Å². The van der Waals surface area contributed by atoms with Crippen molar-refractivity contribution in [2.75, 3.05) is 26.4 Å². The number of morpholine rings is 1. The van der Waals surface area contributed by atoms with E-state index in [2.05, 4.69) is 11.6 Å². The highest BCUT2D eigenvalue weighted by atomic mass is 16.5. The van der Waals surface area contributed by atoms with Gasteiger partial charge in [0.2, 0.25) is 0 Å². The van der Waals surface area contributed by atoms with Crippen LogP contribution in [0.15, 0.2) is 31.0 Å². The molecule has 5 heteroatoms. The number of hydrogen-bond acceptors (Lipinski definition) is 4. The van der Waals surface area contributed by atoms with E-state index < -0.39 is 0 Å². The van der Waals surface area contributed by atoms with E-state index in [-0.39, 0.29) is 18.1 Å². The van der Waals surface area contributed by atoms with Gasteiger partial charge in [-0.3, -0.25) is 9.78 Å². The van der Waals surface area contributed by atoms with Crippen molar-refractivity contribution >= 4 is 5.91 Å². The summed E-state index contributed by atoms with van der Waals surface area (Å²) in [5, 5.41) is 0. The predicted octanol–water partition coefficient (Wildman–Crippen LogP) is 2.21. The topological polar surface area (TPSA) is 51.7 Å². The van der Waals surface area contributed by atoms with Crippen LogP contribution in [0.3, 0.4) is 0 Å². The van der Waals surface area contributed by atoms with Gasteiger partial charge in [-0.1, -0.05) is 6.08 Å². The van der Waals surface area contributed by atoms with Gasteiger partial charge in [0.15, 0.2) is 0 Å². The number of aromatic nitrogens is 1. The Morgan fingerprint density at radius 3 is 3.13 bits per heavy atom. The first-order valence-electron chi connectivity index (χ1n) is 8.24. The van der Waals surface area contributed by atoms with Crippen LogP contribution in [0.2, 0.25) is 0 Å². The van der Waals surface area contributed by atoms with Crippen molar-refractivity contribution in [2.45, 2.75) is 31.9 Å². The molecule has 0 bridgehead atoms. The lowest BCUT2D eigenvalue weighted by Gasteiger charge is -2.39. The highest BCUT2D eigenvalue weighted by Gasteiger charge is 2.44. The fourth-order valence-electron chi connectivity index (χ4n) is 3.55. The van der Waals surface area contributed by atoms with E-state index in [1.807, 2.05) is 24.0 Å². The van der Waals surface area contributed by atoms with Gasteiger partial charge in [-0.15, -0.1) is 6.58 Å². The van der Waals surface area contributed by atoms with Gasteiger partial charge < -0.3 is 14.4 Å². The van der Waals surface area contributed by atoms with E-state index in [0.717, 1.165) is 18.5 Å². The molecule has 2 fully saturated rings. The van der Waals surface area contributed by atoms with E-state index in [9.17, 15) is 4.79 Å². The van der Waals surface area contributed by atoms with Crippen LogP contribution >= 0.6 is 0 Å². The minimum absolute atomic E-state index is 0.0588. The van der Waals surface area contributed by atoms with Crippen LogP contribution in [-0.4, -0.2) is 54.3 Å². The maximum absolute atomic E-state index is 12.8. The third-order valence-electron chi connectivity index (χ3n) is 4.71. The highest BCUT2D eigenvalue weighted by Crippen LogP contribution is 2.35. The molecule has 1 amide bonds. The number of pyridine rings is 1. The Bertz CT molecular complexity index is 558. The minimum atomic E-state index is 0.0588. The quantitative estimate of drug-likeness (QED) is 0.617. The van der Waals surface area contributed by atoms with Gasteiger partial charge in [0.05, 0.1) is 37.5 Å². The van der Waals surface area contributed by atoms with Crippen molar-refractivity contribution in [3.8, 4) is 0 Å². The number of fused-ring (bicyclic) bond motifs is 1. The summed E-state index contributed by atoms with van der Waals surface area (Å²) in [5.74, 6) is 0.412. The minimum Gasteiger partial charge on any atom is -0.377 e. The first-order chi connectivity index (χ1) is 11.2. The molecular formula is C18H24N2O3. The lowest BCUT2D eigenvalue weighted by molar-refractivity contribution is -0.0738. The van der Waals surface area contributed by atoms with E-state index in [1.165, 1.54) is 0 Å². The lowest BCUT2D eigenvalue weighted by Crippen LogP contribution is -2.53. The van der Waals surface area contributed by atoms with Crippen molar-refractivity contribution in [1.82, 2.24) is 9.88 Å². The van der Waals surface area contributed by atoms with E-state index in [1.54, 1.807) is 12.3 Å². The van der Waals surface area contributed by atoms with Crippen LogP contribution in [0.4, 0.5) is 0 Å². The summed E-state index contributed by atoms with van der Waals surface area (Å²) < 4.78 is 11.6.